The number of halogens is 1. The van der Waals surface area contributed by atoms with Crippen molar-refractivity contribution in [2.75, 3.05) is 18.9 Å². The van der Waals surface area contributed by atoms with E-state index in [2.05, 4.69) is 16.0 Å². The molecule has 0 aliphatic rings. The van der Waals surface area contributed by atoms with Gasteiger partial charge in [-0.05, 0) is 36.8 Å². The quantitative estimate of drug-likeness (QED) is 0.710. The summed E-state index contributed by atoms with van der Waals surface area (Å²) in [5.74, 6) is -0.478. The van der Waals surface area contributed by atoms with Gasteiger partial charge in [-0.25, -0.2) is 4.39 Å². The highest BCUT2D eigenvalue weighted by atomic mass is 32.1. The van der Waals surface area contributed by atoms with Crippen LogP contribution in [0.25, 0.3) is 0 Å². The molecule has 6 heteroatoms. The minimum atomic E-state index is -0.302. The molecule has 0 saturated carbocycles. The summed E-state index contributed by atoms with van der Waals surface area (Å²) in [6.45, 7) is 1.76. The number of likely N-dealkylation sites (N-methyl/N-ethyl adjacent to an activating group) is 1. The van der Waals surface area contributed by atoms with Gasteiger partial charge in [0, 0.05) is 12.7 Å². The van der Waals surface area contributed by atoms with Crippen molar-refractivity contribution < 1.29 is 9.18 Å². The summed E-state index contributed by atoms with van der Waals surface area (Å²) < 4.78 is 13.2. The van der Waals surface area contributed by atoms with E-state index in [0.717, 1.165) is 0 Å². The van der Waals surface area contributed by atoms with Crippen molar-refractivity contribution in [3.8, 4) is 0 Å². The zero-order valence-electron chi connectivity index (χ0n) is 9.63. The molecule has 0 unspecified atom stereocenters. The van der Waals surface area contributed by atoms with Crippen molar-refractivity contribution in [3.05, 3.63) is 29.6 Å². The predicted octanol–water partition coefficient (Wildman–Crippen LogP) is 1.17. The van der Waals surface area contributed by atoms with Gasteiger partial charge in [0.25, 0.3) is 0 Å². The van der Waals surface area contributed by atoms with Crippen molar-refractivity contribution >= 4 is 28.9 Å². The molecule has 1 amide bonds. The van der Waals surface area contributed by atoms with Gasteiger partial charge in [-0.15, -0.1) is 0 Å². The maximum Gasteiger partial charge on any atom is 0.239 e. The topological polar surface area (TPSA) is 53.2 Å². The Morgan fingerprint density at radius 3 is 2.76 bits per heavy atom. The number of amides is 1. The van der Waals surface area contributed by atoms with Gasteiger partial charge >= 0.3 is 0 Å². The van der Waals surface area contributed by atoms with E-state index >= 15 is 0 Å². The molecule has 0 spiro atoms. The summed E-state index contributed by atoms with van der Waals surface area (Å²) in [6.07, 6.45) is 0. The third kappa shape index (κ3) is 4.36. The van der Waals surface area contributed by atoms with Crippen LogP contribution in [0, 0.1) is 12.7 Å². The van der Waals surface area contributed by atoms with Crippen LogP contribution in [0.2, 0.25) is 0 Å². The second-order valence-electron chi connectivity index (χ2n) is 3.44. The van der Waals surface area contributed by atoms with E-state index in [4.69, 9.17) is 12.2 Å². The largest absolute Gasteiger partial charge is 0.358 e. The Hall–Kier alpha value is -1.69. The SMILES string of the molecule is CNC(=O)CNC(=S)Nc1ccc(C)c(F)c1. The first-order valence-electron chi connectivity index (χ1n) is 5.04. The smallest absolute Gasteiger partial charge is 0.239 e. The number of rotatable bonds is 3. The van der Waals surface area contributed by atoms with Gasteiger partial charge in [0.2, 0.25) is 5.91 Å². The maximum atomic E-state index is 13.2. The van der Waals surface area contributed by atoms with Gasteiger partial charge in [-0.1, -0.05) is 6.07 Å². The summed E-state index contributed by atoms with van der Waals surface area (Å²) in [6, 6.07) is 4.72. The number of hydrogen-bond donors (Lipinski definition) is 3. The van der Waals surface area contributed by atoms with Crippen LogP contribution in [0.1, 0.15) is 5.56 Å². The van der Waals surface area contributed by atoms with Crippen molar-refractivity contribution in [2.24, 2.45) is 0 Å². The van der Waals surface area contributed by atoms with Crippen LogP contribution in [0.15, 0.2) is 18.2 Å². The highest BCUT2D eigenvalue weighted by Gasteiger charge is 2.03. The monoisotopic (exact) mass is 255 g/mol. The minimum absolute atomic E-state index is 0.0800. The second kappa shape index (κ2) is 6.15. The van der Waals surface area contributed by atoms with Gasteiger partial charge in [0.15, 0.2) is 5.11 Å². The fraction of sp³-hybridized carbons (Fsp3) is 0.273. The van der Waals surface area contributed by atoms with Crippen LogP contribution in [-0.4, -0.2) is 24.6 Å². The molecule has 0 aliphatic carbocycles. The van der Waals surface area contributed by atoms with Crippen LogP contribution in [0.5, 0.6) is 0 Å². The maximum absolute atomic E-state index is 13.2. The fourth-order valence-corrected chi connectivity index (χ4v) is 1.28. The normalized spacial score (nSPS) is 9.59. The molecule has 0 radical (unpaired) electrons. The van der Waals surface area contributed by atoms with E-state index in [-0.39, 0.29) is 23.4 Å². The van der Waals surface area contributed by atoms with E-state index in [0.29, 0.717) is 11.3 Å². The molecule has 1 rings (SSSR count). The Labute approximate surface area is 105 Å². The zero-order chi connectivity index (χ0) is 12.8. The van der Waals surface area contributed by atoms with Crippen LogP contribution in [0.4, 0.5) is 10.1 Å². The molecule has 0 aliphatic heterocycles. The van der Waals surface area contributed by atoms with E-state index in [1.807, 2.05) is 0 Å². The molecular weight excluding hydrogens is 241 g/mol. The molecule has 17 heavy (non-hydrogen) atoms. The number of aryl methyl sites for hydroxylation is 1. The van der Waals surface area contributed by atoms with Crippen LogP contribution < -0.4 is 16.0 Å². The first-order valence-corrected chi connectivity index (χ1v) is 5.45. The molecule has 3 N–H and O–H groups in total. The molecule has 0 bridgehead atoms. The van der Waals surface area contributed by atoms with Crippen molar-refractivity contribution in [1.29, 1.82) is 0 Å². The Morgan fingerprint density at radius 2 is 2.18 bits per heavy atom. The first kappa shape index (κ1) is 13.4. The zero-order valence-corrected chi connectivity index (χ0v) is 10.5. The number of hydrogen-bond acceptors (Lipinski definition) is 2. The number of anilines is 1. The number of carbonyl (C=O) groups is 1. The summed E-state index contributed by atoms with van der Waals surface area (Å²) in [5, 5.41) is 8.22. The average molecular weight is 255 g/mol. The van der Waals surface area contributed by atoms with Crippen molar-refractivity contribution in [2.45, 2.75) is 6.92 Å². The molecule has 4 nitrogen and oxygen atoms in total. The van der Waals surface area contributed by atoms with Gasteiger partial charge in [0.1, 0.15) is 5.82 Å². The number of thiocarbonyl (C=S) groups is 1. The summed E-state index contributed by atoms with van der Waals surface area (Å²) in [4.78, 5) is 10.9. The molecular formula is C11H14FN3OS. The van der Waals surface area contributed by atoms with Gasteiger partial charge in [-0.3, -0.25) is 4.79 Å². The molecule has 92 valence electrons. The third-order valence-corrected chi connectivity index (χ3v) is 2.36. The molecule has 1 aromatic rings. The summed E-state index contributed by atoms with van der Waals surface area (Å²) in [5.41, 5.74) is 1.11. The van der Waals surface area contributed by atoms with Gasteiger partial charge in [0.05, 0.1) is 6.54 Å². The van der Waals surface area contributed by atoms with E-state index in [1.165, 1.54) is 13.1 Å². The Kier molecular flexibility index (Phi) is 4.84. The highest BCUT2D eigenvalue weighted by molar-refractivity contribution is 7.80. The van der Waals surface area contributed by atoms with Gasteiger partial charge < -0.3 is 16.0 Å². The first-order chi connectivity index (χ1) is 8.02. The number of benzene rings is 1. The lowest BCUT2D eigenvalue weighted by Gasteiger charge is -2.10. The van der Waals surface area contributed by atoms with Gasteiger partial charge in [-0.2, -0.15) is 0 Å². The Balaban J connectivity index is 2.50. The Morgan fingerprint density at radius 1 is 1.47 bits per heavy atom. The fourth-order valence-electron chi connectivity index (χ4n) is 1.09. The third-order valence-electron chi connectivity index (χ3n) is 2.12. The number of carbonyl (C=O) groups excluding carboxylic acids is 1. The molecule has 0 fully saturated rings. The summed E-state index contributed by atoms with van der Waals surface area (Å²) >= 11 is 4.95. The van der Waals surface area contributed by atoms with Crippen molar-refractivity contribution in [3.63, 3.8) is 0 Å². The molecule has 0 heterocycles. The molecule has 0 saturated heterocycles. The lowest BCUT2D eigenvalue weighted by molar-refractivity contribution is -0.119. The van der Waals surface area contributed by atoms with Crippen molar-refractivity contribution in [1.82, 2.24) is 10.6 Å². The van der Waals surface area contributed by atoms with Crippen LogP contribution >= 0.6 is 12.2 Å². The van der Waals surface area contributed by atoms with E-state index in [9.17, 15) is 9.18 Å². The molecule has 1 aromatic carbocycles. The van der Waals surface area contributed by atoms with E-state index in [1.54, 1.807) is 19.1 Å². The van der Waals surface area contributed by atoms with Crippen LogP contribution in [0.3, 0.4) is 0 Å². The molecule has 0 atom stereocenters. The van der Waals surface area contributed by atoms with Crippen LogP contribution in [-0.2, 0) is 4.79 Å². The average Bonchev–Trinajstić information content (AvgIpc) is 2.31. The lowest BCUT2D eigenvalue weighted by Crippen LogP contribution is -2.37. The molecule has 0 aromatic heterocycles. The predicted molar refractivity (Wildman–Crippen MR) is 69.4 cm³/mol. The number of nitrogens with one attached hydrogen (secondary N) is 3. The minimum Gasteiger partial charge on any atom is -0.358 e. The second-order valence-corrected chi connectivity index (χ2v) is 3.85. The Bertz CT molecular complexity index is 437. The standard InChI is InChI=1S/C11H14FN3OS/c1-7-3-4-8(5-9(7)12)15-11(17)14-6-10(16)13-2/h3-5H,6H2,1-2H3,(H,13,16)(H2,14,15,17). The summed E-state index contributed by atoms with van der Waals surface area (Å²) in [7, 11) is 1.54. The lowest BCUT2D eigenvalue weighted by atomic mass is 10.2. The van der Waals surface area contributed by atoms with E-state index < -0.39 is 0 Å². The highest BCUT2D eigenvalue weighted by Crippen LogP contribution is 2.13.